The van der Waals surface area contributed by atoms with Gasteiger partial charge in [0.15, 0.2) is 0 Å². The Hall–Kier alpha value is -2.54. The van der Waals surface area contributed by atoms with Crippen molar-refractivity contribution in [3.63, 3.8) is 0 Å². The van der Waals surface area contributed by atoms with Gasteiger partial charge in [0.2, 0.25) is 10.0 Å². The average molecular weight is 479 g/mol. The van der Waals surface area contributed by atoms with E-state index in [4.69, 9.17) is 0 Å². The van der Waals surface area contributed by atoms with Gasteiger partial charge in [-0.15, -0.1) is 0 Å². The van der Waals surface area contributed by atoms with Crippen molar-refractivity contribution < 1.29 is 12.8 Å². The zero-order chi connectivity index (χ0) is 23.9. The third-order valence-electron chi connectivity index (χ3n) is 7.51. The third-order valence-corrected chi connectivity index (χ3v) is 9.54. The van der Waals surface area contributed by atoms with Gasteiger partial charge in [0.05, 0.1) is 4.90 Å². The van der Waals surface area contributed by atoms with Gasteiger partial charge in [0, 0.05) is 31.1 Å². The van der Waals surface area contributed by atoms with E-state index in [9.17, 15) is 12.8 Å². The van der Waals surface area contributed by atoms with Gasteiger partial charge in [-0.25, -0.2) is 12.8 Å². The molecule has 3 atom stereocenters. The Kier molecular flexibility index (Phi) is 6.32. The normalized spacial score (nSPS) is 24.0. The topological polar surface area (TPSA) is 40.6 Å². The number of nitrogens with zero attached hydrogens (tertiary/aromatic N) is 2. The molecule has 1 unspecified atom stereocenters. The highest BCUT2D eigenvalue weighted by atomic mass is 32.2. The molecule has 0 N–H and O–H groups in total. The Balaban J connectivity index is 1.41. The summed E-state index contributed by atoms with van der Waals surface area (Å²) >= 11 is 0. The second kappa shape index (κ2) is 9.25. The Morgan fingerprint density at radius 3 is 2.35 bits per heavy atom. The van der Waals surface area contributed by atoms with Gasteiger partial charge in [-0.2, -0.15) is 4.31 Å². The van der Waals surface area contributed by atoms with Crippen LogP contribution < -0.4 is 0 Å². The van der Waals surface area contributed by atoms with Crippen molar-refractivity contribution in [1.82, 2.24) is 9.21 Å². The molecule has 2 fully saturated rings. The Morgan fingerprint density at radius 1 is 0.882 bits per heavy atom. The zero-order valence-corrected chi connectivity index (χ0v) is 20.5. The molecular weight excluding hydrogens is 447 g/mol. The van der Waals surface area contributed by atoms with Gasteiger partial charge in [-0.05, 0) is 73.7 Å². The summed E-state index contributed by atoms with van der Waals surface area (Å²) in [5.41, 5.74) is 3.83. The molecule has 2 aliphatic heterocycles. The standard InChI is InChI=1S/C28H31FN2O2S/c1-20-8-3-4-11-27(20)34(32,33)30-16-5-6-17-31-21(2)28(26(31)19-30)23-14-12-22(13-15-23)24-9-7-10-25(29)18-24/h3-4,7-15,18,21,26,28H,5-6,16-17,19H2,1-2H3/t21-,26+,28?/m0/s1. The molecule has 34 heavy (non-hydrogen) atoms. The molecule has 0 amide bonds. The van der Waals surface area contributed by atoms with Crippen LogP contribution in [0, 0.1) is 12.7 Å². The summed E-state index contributed by atoms with van der Waals surface area (Å²) in [6.45, 7) is 6.15. The summed E-state index contributed by atoms with van der Waals surface area (Å²) in [5, 5.41) is 0. The smallest absolute Gasteiger partial charge is 0.243 e. The van der Waals surface area contributed by atoms with Gasteiger partial charge in [-0.3, -0.25) is 4.90 Å². The second-order valence-corrected chi connectivity index (χ2v) is 11.4. The quantitative estimate of drug-likeness (QED) is 0.501. The maximum Gasteiger partial charge on any atom is 0.243 e. The van der Waals surface area contributed by atoms with Crippen LogP contribution in [0.2, 0.25) is 0 Å². The van der Waals surface area contributed by atoms with E-state index in [0.717, 1.165) is 36.1 Å². The largest absolute Gasteiger partial charge is 0.295 e. The highest BCUT2D eigenvalue weighted by Gasteiger charge is 2.48. The van der Waals surface area contributed by atoms with E-state index >= 15 is 0 Å². The van der Waals surface area contributed by atoms with Crippen LogP contribution in [-0.4, -0.2) is 49.3 Å². The summed E-state index contributed by atoms with van der Waals surface area (Å²) in [6, 6.07) is 22.7. The molecule has 2 heterocycles. The lowest BCUT2D eigenvalue weighted by Crippen LogP contribution is -2.65. The van der Waals surface area contributed by atoms with Crippen LogP contribution >= 0.6 is 0 Å². The molecule has 3 aromatic rings. The van der Waals surface area contributed by atoms with E-state index in [0.29, 0.717) is 24.0 Å². The molecule has 0 aromatic heterocycles. The van der Waals surface area contributed by atoms with Crippen LogP contribution in [0.3, 0.4) is 0 Å². The fraction of sp³-hybridized carbons (Fsp3) is 0.357. The summed E-state index contributed by atoms with van der Waals surface area (Å²) in [4.78, 5) is 2.87. The SMILES string of the molecule is Cc1ccccc1S(=O)(=O)N1CCCCN2[C@H](C1)C(c1ccc(-c3cccc(F)c3)cc1)[C@@H]2C. The molecule has 2 aliphatic rings. The molecule has 0 radical (unpaired) electrons. The van der Waals surface area contributed by atoms with Gasteiger partial charge in [0.1, 0.15) is 5.82 Å². The van der Waals surface area contributed by atoms with Crippen LogP contribution in [0.1, 0.15) is 36.8 Å². The van der Waals surface area contributed by atoms with E-state index in [1.165, 1.54) is 11.6 Å². The van der Waals surface area contributed by atoms with Gasteiger partial charge in [0.25, 0.3) is 0 Å². The van der Waals surface area contributed by atoms with E-state index in [1.54, 1.807) is 28.6 Å². The van der Waals surface area contributed by atoms with E-state index in [1.807, 2.05) is 37.3 Å². The predicted octanol–water partition coefficient (Wildman–Crippen LogP) is 5.44. The molecule has 6 heteroatoms. The van der Waals surface area contributed by atoms with Crippen LogP contribution in [0.25, 0.3) is 11.1 Å². The van der Waals surface area contributed by atoms with Gasteiger partial charge < -0.3 is 0 Å². The van der Waals surface area contributed by atoms with Crippen molar-refractivity contribution in [2.24, 2.45) is 0 Å². The highest BCUT2D eigenvalue weighted by Crippen LogP contribution is 2.43. The van der Waals surface area contributed by atoms with Crippen LogP contribution in [0.4, 0.5) is 4.39 Å². The monoisotopic (exact) mass is 478 g/mol. The van der Waals surface area contributed by atoms with Crippen molar-refractivity contribution in [3.8, 4) is 11.1 Å². The minimum absolute atomic E-state index is 0.147. The lowest BCUT2D eigenvalue weighted by atomic mass is 9.75. The average Bonchev–Trinajstić information content (AvgIpc) is 2.81. The van der Waals surface area contributed by atoms with Crippen molar-refractivity contribution in [1.29, 1.82) is 0 Å². The highest BCUT2D eigenvalue weighted by molar-refractivity contribution is 7.89. The minimum Gasteiger partial charge on any atom is -0.295 e. The molecular formula is C28H31FN2O2S. The molecule has 0 aliphatic carbocycles. The van der Waals surface area contributed by atoms with Crippen molar-refractivity contribution in [2.75, 3.05) is 19.6 Å². The molecule has 3 aromatic carbocycles. The molecule has 0 bridgehead atoms. The van der Waals surface area contributed by atoms with Gasteiger partial charge >= 0.3 is 0 Å². The predicted molar refractivity (Wildman–Crippen MR) is 134 cm³/mol. The van der Waals surface area contributed by atoms with Crippen molar-refractivity contribution in [2.45, 2.75) is 49.6 Å². The van der Waals surface area contributed by atoms with E-state index in [2.05, 4.69) is 24.0 Å². The van der Waals surface area contributed by atoms with Crippen LogP contribution in [0.15, 0.2) is 77.7 Å². The first kappa shape index (κ1) is 23.2. The summed E-state index contributed by atoms with van der Waals surface area (Å²) in [5.74, 6) is 0.0172. The number of fused-ring (bicyclic) bond motifs is 1. The molecule has 5 rings (SSSR count). The third kappa shape index (κ3) is 4.19. The summed E-state index contributed by atoms with van der Waals surface area (Å²) in [6.07, 6.45) is 1.86. The first-order valence-corrected chi connectivity index (χ1v) is 13.5. The van der Waals surface area contributed by atoms with Gasteiger partial charge in [-0.1, -0.05) is 54.6 Å². The van der Waals surface area contributed by atoms with Crippen molar-refractivity contribution in [3.05, 3.63) is 89.7 Å². The Morgan fingerprint density at radius 2 is 1.62 bits per heavy atom. The number of rotatable bonds is 4. The fourth-order valence-electron chi connectivity index (χ4n) is 5.67. The number of halogens is 1. The molecule has 2 saturated heterocycles. The first-order chi connectivity index (χ1) is 16.4. The Bertz CT molecular complexity index is 1280. The zero-order valence-electron chi connectivity index (χ0n) is 19.7. The van der Waals surface area contributed by atoms with Crippen LogP contribution in [0.5, 0.6) is 0 Å². The lowest BCUT2D eigenvalue weighted by Gasteiger charge is -2.56. The summed E-state index contributed by atoms with van der Waals surface area (Å²) < 4.78 is 42.5. The number of sulfonamides is 1. The molecule has 178 valence electrons. The maximum absolute atomic E-state index is 13.7. The lowest BCUT2D eigenvalue weighted by molar-refractivity contribution is -0.0213. The maximum atomic E-state index is 13.7. The van der Waals surface area contributed by atoms with E-state index in [-0.39, 0.29) is 17.8 Å². The molecule has 4 nitrogen and oxygen atoms in total. The second-order valence-electron chi connectivity index (χ2n) is 9.54. The van der Waals surface area contributed by atoms with Crippen LogP contribution in [-0.2, 0) is 10.0 Å². The molecule has 0 spiro atoms. The number of benzene rings is 3. The van der Waals surface area contributed by atoms with Crippen molar-refractivity contribution >= 4 is 10.0 Å². The Labute approximate surface area is 202 Å². The van der Waals surface area contributed by atoms with E-state index < -0.39 is 10.0 Å². The molecule has 0 saturated carbocycles. The number of hydrogen-bond acceptors (Lipinski definition) is 3. The fourth-order valence-corrected chi connectivity index (χ4v) is 7.40. The number of aryl methyl sites for hydroxylation is 1. The minimum atomic E-state index is -3.55. The first-order valence-electron chi connectivity index (χ1n) is 12.0. The summed E-state index contributed by atoms with van der Waals surface area (Å²) in [7, 11) is -3.55. The number of hydrogen-bond donors (Lipinski definition) is 0.